The lowest BCUT2D eigenvalue weighted by Gasteiger charge is -2.16. The standard InChI is InChI=1S/C10H11F2N/c11-8-2-1-3-10(6-8)13-5-4-9(12)7-13/h1-3,6,9H,4-5,7H2/t9-/m1/s1. The molecule has 0 radical (unpaired) electrons. The zero-order valence-electron chi connectivity index (χ0n) is 7.21. The van der Waals surface area contributed by atoms with Crippen LogP contribution >= 0.6 is 0 Å². The van der Waals surface area contributed by atoms with E-state index in [0.717, 1.165) is 5.69 Å². The Labute approximate surface area is 76.0 Å². The van der Waals surface area contributed by atoms with Crippen molar-refractivity contribution in [3.05, 3.63) is 30.1 Å². The highest BCUT2D eigenvalue weighted by Gasteiger charge is 2.21. The monoisotopic (exact) mass is 183 g/mol. The number of hydrogen-bond donors (Lipinski definition) is 0. The minimum absolute atomic E-state index is 0.264. The van der Waals surface area contributed by atoms with Gasteiger partial charge in [-0.15, -0.1) is 0 Å². The summed E-state index contributed by atoms with van der Waals surface area (Å²) in [4.78, 5) is 1.87. The van der Waals surface area contributed by atoms with Crippen molar-refractivity contribution in [1.29, 1.82) is 0 Å². The van der Waals surface area contributed by atoms with E-state index in [4.69, 9.17) is 0 Å². The van der Waals surface area contributed by atoms with Crippen molar-refractivity contribution in [3.63, 3.8) is 0 Å². The number of anilines is 1. The van der Waals surface area contributed by atoms with Gasteiger partial charge in [0.15, 0.2) is 0 Å². The molecule has 1 aromatic carbocycles. The molecule has 0 saturated carbocycles. The first-order valence-corrected chi connectivity index (χ1v) is 4.40. The molecule has 0 N–H and O–H groups in total. The Morgan fingerprint density at radius 3 is 2.85 bits per heavy atom. The van der Waals surface area contributed by atoms with E-state index in [0.29, 0.717) is 19.5 Å². The van der Waals surface area contributed by atoms with Crippen LogP contribution in [0, 0.1) is 5.82 Å². The van der Waals surface area contributed by atoms with Gasteiger partial charge in [0.05, 0.1) is 0 Å². The fraction of sp³-hybridized carbons (Fsp3) is 0.400. The van der Waals surface area contributed by atoms with E-state index in [-0.39, 0.29) is 5.82 Å². The van der Waals surface area contributed by atoms with Crippen LogP contribution in [-0.4, -0.2) is 19.3 Å². The van der Waals surface area contributed by atoms with Crippen molar-refractivity contribution in [2.45, 2.75) is 12.6 Å². The van der Waals surface area contributed by atoms with Crippen molar-refractivity contribution in [3.8, 4) is 0 Å². The van der Waals surface area contributed by atoms with Gasteiger partial charge < -0.3 is 4.90 Å². The third-order valence-electron chi connectivity index (χ3n) is 2.30. The lowest BCUT2D eigenvalue weighted by atomic mass is 10.3. The molecule has 2 rings (SSSR count). The second-order valence-electron chi connectivity index (χ2n) is 3.31. The van der Waals surface area contributed by atoms with E-state index in [1.54, 1.807) is 12.1 Å². The molecule has 0 amide bonds. The largest absolute Gasteiger partial charge is 0.368 e. The molecule has 1 fully saturated rings. The molecule has 0 aromatic heterocycles. The second kappa shape index (κ2) is 3.32. The van der Waals surface area contributed by atoms with Crippen LogP contribution in [0.1, 0.15) is 6.42 Å². The first kappa shape index (κ1) is 8.48. The lowest BCUT2D eigenvalue weighted by molar-refractivity contribution is 0.364. The van der Waals surface area contributed by atoms with Crippen molar-refractivity contribution in [2.75, 3.05) is 18.0 Å². The molecule has 1 nitrogen and oxygen atoms in total. The van der Waals surface area contributed by atoms with E-state index < -0.39 is 6.17 Å². The molecule has 1 heterocycles. The summed E-state index contributed by atoms with van der Waals surface area (Å²) in [5.74, 6) is -0.264. The lowest BCUT2D eigenvalue weighted by Crippen LogP contribution is -2.19. The molecular weight excluding hydrogens is 172 g/mol. The smallest absolute Gasteiger partial charge is 0.125 e. The highest BCUT2D eigenvalue weighted by Crippen LogP contribution is 2.22. The van der Waals surface area contributed by atoms with Crippen molar-refractivity contribution in [1.82, 2.24) is 0 Å². The van der Waals surface area contributed by atoms with E-state index >= 15 is 0 Å². The summed E-state index contributed by atoms with van der Waals surface area (Å²) in [5, 5.41) is 0. The van der Waals surface area contributed by atoms with Crippen LogP contribution in [0.5, 0.6) is 0 Å². The third-order valence-corrected chi connectivity index (χ3v) is 2.30. The second-order valence-corrected chi connectivity index (χ2v) is 3.31. The molecule has 0 bridgehead atoms. The molecule has 1 saturated heterocycles. The number of alkyl halides is 1. The summed E-state index contributed by atoms with van der Waals surface area (Å²) in [6.45, 7) is 1.08. The molecular formula is C10H11F2N. The maximum absolute atomic E-state index is 12.8. The average molecular weight is 183 g/mol. The van der Waals surface area contributed by atoms with Gasteiger partial charge in [0, 0.05) is 18.8 Å². The SMILES string of the molecule is Fc1cccc(N2CC[C@@H](F)C2)c1. The molecule has 1 aromatic rings. The third kappa shape index (κ3) is 1.79. The zero-order valence-corrected chi connectivity index (χ0v) is 7.21. The zero-order chi connectivity index (χ0) is 9.26. The van der Waals surface area contributed by atoms with Gasteiger partial charge in [-0.05, 0) is 24.6 Å². The highest BCUT2D eigenvalue weighted by atomic mass is 19.1. The van der Waals surface area contributed by atoms with Gasteiger partial charge in [0.25, 0.3) is 0 Å². The summed E-state index contributed by atoms with van der Waals surface area (Å²) in [6.07, 6.45) is -0.209. The molecule has 3 heteroatoms. The minimum atomic E-state index is -0.761. The Hall–Kier alpha value is -1.12. The topological polar surface area (TPSA) is 3.24 Å². The summed E-state index contributed by atoms with van der Waals surface area (Å²) in [5.41, 5.74) is 0.778. The van der Waals surface area contributed by atoms with Crippen LogP contribution < -0.4 is 4.90 Å². The maximum Gasteiger partial charge on any atom is 0.125 e. The molecule has 0 spiro atoms. The first-order valence-electron chi connectivity index (χ1n) is 4.40. The van der Waals surface area contributed by atoms with E-state index in [9.17, 15) is 8.78 Å². The normalized spacial score (nSPS) is 22.3. The number of benzene rings is 1. The van der Waals surface area contributed by atoms with Gasteiger partial charge in [0.1, 0.15) is 12.0 Å². The summed E-state index contributed by atoms with van der Waals surface area (Å²) >= 11 is 0. The Morgan fingerprint density at radius 2 is 2.23 bits per heavy atom. The van der Waals surface area contributed by atoms with Crippen LogP contribution in [0.4, 0.5) is 14.5 Å². The van der Waals surface area contributed by atoms with E-state index in [2.05, 4.69) is 0 Å². The summed E-state index contributed by atoms with van der Waals surface area (Å²) in [7, 11) is 0. The predicted molar refractivity (Wildman–Crippen MR) is 48.1 cm³/mol. The van der Waals surface area contributed by atoms with Gasteiger partial charge in [-0.25, -0.2) is 8.78 Å². The average Bonchev–Trinajstić information content (AvgIpc) is 2.52. The molecule has 70 valence electrons. The van der Waals surface area contributed by atoms with Crippen LogP contribution in [0.2, 0.25) is 0 Å². The Morgan fingerprint density at radius 1 is 1.38 bits per heavy atom. The number of rotatable bonds is 1. The Kier molecular flexibility index (Phi) is 2.17. The molecule has 1 aliphatic rings. The van der Waals surface area contributed by atoms with Gasteiger partial charge in [-0.3, -0.25) is 0 Å². The van der Waals surface area contributed by atoms with Crippen LogP contribution in [-0.2, 0) is 0 Å². The van der Waals surface area contributed by atoms with Crippen LogP contribution in [0.25, 0.3) is 0 Å². The van der Waals surface area contributed by atoms with Gasteiger partial charge in [0.2, 0.25) is 0 Å². The number of halogens is 2. The summed E-state index contributed by atoms with van der Waals surface area (Å²) in [6, 6.07) is 6.29. The first-order chi connectivity index (χ1) is 6.25. The van der Waals surface area contributed by atoms with Crippen LogP contribution in [0.15, 0.2) is 24.3 Å². The Bertz CT molecular complexity index is 301. The van der Waals surface area contributed by atoms with Gasteiger partial charge in [-0.2, -0.15) is 0 Å². The molecule has 1 atom stereocenters. The van der Waals surface area contributed by atoms with Gasteiger partial charge >= 0.3 is 0 Å². The van der Waals surface area contributed by atoms with Gasteiger partial charge in [-0.1, -0.05) is 6.07 Å². The minimum Gasteiger partial charge on any atom is -0.368 e. The highest BCUT2D eigenvalue weighted by molar-refractivity contribution is 5.47. The fourth-order valence-corrected chi connectivity index (χ4v) is 1.62. The molecule has 13 heavy (non-hydrogen) atoms. The maximum atomic E-state index is 12.8. The number of hydrogen-bond acceptors (Lipinski definition) is 1. The predicted octanol–water partition coefficient (Wildman–Crippen LogP) is 2.37. The van der Waals surface area contributed by atoms with Crippen molar-refractivity contribution >= 4 is 5.69 Å². The fourth-order valence-electron chi connectivity index (χ4n) is 1.62. The number of nitrogens with zero attached hydrogens (tertiary/aromatic N) is 1. The quantitative estimate of drug-likeness (QED) is 0.646. The van der Waals surface area contributed by atoms with Crippen LogP contribution in [0.3, 0.4) is 0 Å². The van der Waals surface area contributed by atoms with Crippen molar-refractivity contribution in [2.24, 2.45) is 0 Å². The van der Waals surface area contributed by atoms with Crippen molar-refractivity contribution < 1.29 is 8.78 Å². The Balaban J connectivity index is 2.16. The molecule has 1 aliphatic heterocycles. The summed E-state index contributed by atoms with van der Waals surface area (Å²) < 4.78 is 25.6. The van der Waals surface area contributed by atoms with E-state index in [1.165, 1.54) is 12.1 Å². The molecule has 0 aliphatic carbocycles. The van der Waals surface area contributed by atoms with E-state index in [1.807, 2.05) is 4.90 Å². The molecule has 0 unspecified atom stereocenters.